The quantitative estimate of drug-likeness (QED) is 0.214. The number of amidine groups is 1. The maximum atomic E-state index is 12.4. The molecule has 0 aliphatic carbocycles. The molecule has 0 saturated carbocycles. The Morgan fingerprint density at radius 2 is 1.77 bits per heavy atom. The third-order valence-electron chi connectivity index (χ3n) is 4.10. The molecule has 0 spiro atoms. The Kier molecular flexibility index (Phi) is 6.29. The van der Waals surface area contributed by atoms with Gasteiger partial charge in [-0.25, -0.2) is 9.79 Å². The molecule has 1 aliphatic heterocycles. The smallest absolute Gasteiger partial charge is 0.344 e. The molecule has 1 fully saturated rings. The Morgan fingerprint density at radius 3 is 2.57 bits per heavy atom. The maximum absolute atomic E-state index is 12.4. The van der Waals surface area contributed by atoms with Crippen LogP contribution in [0.2, 0.25) is 0 Å². The first kappa shape index (κ1) is 20.4. The van der Waals surface area contributed by atoms with Gasteiger partial charge in [-0.2, -0.15) is 0 Å². The van der Waals surface area contributed by atoms with Crippen LogP contribution >= 0.6 is 34.4 Å². The molecular weight excluding hydrogens is 511 g/mol. The topological polar surface area (TPSA) is 67.8 Å². The van der Waals surface area contributed by atoms with Gasteiger partial charge >= 0.3 is 5.97 Å². The second kappa shape index (κ2) is 9.27. The summed E-state index contributed by atoms with van der Waals surface area (Å²) in [5.74, 6) is -0.221. The van der Waals surface area contributed by atoms with Crippen LogP contribution in [0.5, 0.6) is 5.75 Å². The van der Waals surface area contributed by atoms with E-state index in [1.165, 1.54) is 11.8 Å². The molecule has 1 heterocycles. The molecule has 3 aromatic carbocycles. The first-order valence-corrected chi connectivity index (χ1v) is 10.9. The fraction of sp³-hybridized carbons (Fsp3) is 0. The van der Waals surface area contributed by atoms with E-state index in [1.807, 2.05) is 48.5 Å². The highest BCUT2D eigenvalue weighted by molar-refractivity contribution is 14.1. The van der Waals surface area contributed by atoms with Gasteiger partial charge in [0.05, 0.1) is 16.2 Å². The van der Waals surface area contributed by atoms with Crippen LogP contribution in [0.3, 0.4) is 0 Å². The minimum Gasteiger partial charge on any atom is -0.423 e. The zero-order valence-corrected chi connectivity index (χ0v) is 18.5. The molecule has 5 nitrogen and oxygen atoms in total. The summed E-state index contributed by atoms with van der Waals surface area (Å²) in [5, 5.41) is 3.29. The van der Waals surface area contributed by atoms with Crippen molar-refractivity contribution in [1.82, 2.24) is 5.32 Å². The third-order valence-corrected chi connectivity index (χ3v) is 5.95. The Morgan fingerprint density at radius 1 is 1.00 bits per heavy atom. The maximum Gasteiger partial charge on any atom is 0.344 e. The molecule has 0 radical (unpaired) electrons. The van der Waals surface area contributed by atoms with Gasteiger partial charge in [0.1, 0.15) is 5.75 Å². The zero-order chi connectivity index (χ0) is 20.9. The lowest BCUT2D eigenvalue weighted by molar-refractivity contribution is -0.115. The lowest BCUT2D eigenvalue weighted by atomic mass is 10.2. The normalized spacial score (nSPS) is 16.0. The summed E-state index contributed by atoms with van der Waals surface area (Å²) in [6.07, 6.45) is 1.75. The summed E-state index contributed by atoms with van der Waals surface area (Å²) < 4.78 is 6.33. The zero-order valence-electron chi connectivity index (χ0n) is 15.5. The van der Waals surface area contributed by atoms with Gasteiger partial charge in [-0.15, -0.1) is 0 Å². The molecule has 0 unspecified atom stereocenters. The Balaban J connectivity index is 1.51. The van der Waals surface area contributed by atoms with Crippen LogP contribution in [0, 0.1) is 3.57 Å². The molecule has 30 heavy (non-hydrogen) atoms. The second-order valence-corrected chi connectivity index (χ2v) is 8.45. The van der Waals surface area contributed by atoms with E-state index in [4.69, 9.17) is 4.74 Å². The largest absolute Gasteiger partial charge is 0.423 e. The molecular formula is C23H15IN2O3S. The number of nitrogens with zero attached hydrogens (tertiary/aromatic N) is 1. The number of rotatable bonds is 4. The van der Waals surface area contributed by atoms with Crippen molar-refractivity contribution in [3.63, 3.8) is 0 Å². The average molecular weight is 526 g/mol. The molecule has 3 aromatic rings. The number of hydrogen-bond acceptors (Lipinski definition) is 5. The van der Waals surface area contributed by atoms with E-state index in [9.17, 15) is 9.59 Å². The van der Waals surface area contributed by atoms with Crippen molar-refractivity contribution in [1.29, 1.82) is 0 Å². The predicted molar refractivity (Wildman–Crippen MR) is 128 cm³/mol. The molecule has 0 aromatic heterocycles. The van der Waals surface area contributed by atoms with E-state index in [1.54, 1.807) is 36.4 Å². The fourth-order valence-corrected chi connectivity index (χ4v) is 4.16. The Hall–Kier alpha value is -2.91. The van der Waals surface area contributed by atoms with Crippen molar-refractivity contribution >= 4 is 63.2 Å². The number of carbonyl (C=O) groups is 2. The number of nitrogens with one attached hydrogen (secondary N) is 1. The van der Waals surface area contributed by atoms with Gasteiger partial charge in [0.25, 0.3) is 5.91 Å². The van der Waals surface area contributed by atoms with Crippen LogP contribution in [0.15, 0.2) is 88.8 Å². The van der Waals surface area contributed by atoms with Crippen LogP contribution in [0.4, 0.5) is 5.69 Å². The van der Waals surface area contributed by atoms with E-state index in [0.29, 0.717) is 21.4 Å². The van der Waals surface area contributed by atoms with Crippen LogP contribution in [-0.4, -0.2) is 17.0 Å². The van der Waals surface area contributed by atoms with Gasteiger partial charge in [-0.05, 0) is 82.4 Å². The number of aliphatic imine (C=N–C) groups is 1. The summed E-state index contributed by atoms with van der Waals surface area (Å²) in [6, 6.07) is 23.7. The Bertz CT molecular complexity index is 1180. The molecule has 1 saturated heterocycles. The lowest BCUT2D eigenvalue weighted by Crippen LogP contribution is -2.19. The highest BCUT2D eigenvalue weighted by Crippen LogP contribution is 2.29. The SMILES string of the molecule is O=C1NC(=Nc2ccccc2)S/C1=C\c1cccc(OC(=O)c2ccccc2I)c1. The van der Waals surface area contributed by atoms with Crippen molar-refractivity contribution in [3.05, 3.63) is 98.5 Å². The third kappa shape index (κ3) is 4.98. The van der Waals surface area contributed by atoms with Gasteiger partial charge in [-0.3, -0.25) is 4.79 Å². The minimum absolute atomic E-state index is 0.212. The molecule has 148 valence electrons. The number of esters is 1. The number of carbonyl (C=O) groups excluding carboxylic acids is 2. The van der Waals surface area contributed by atoms with Crippen molar-refractivity contribution in [2.24, 2.45) is 4.99 Å². The predicted octanol–water partition coefficient (Wildman–Crippen LogP) is 5.40. The summed E-state index contributed by atoms with van der Waals surface area (Å²) in [4.78, 5) is 29.7. The van der Waals surface area contributed by atoms with Crippen molar-refractivity contribution < 1.29 is 14.3 Å². The standard InChI is InChI=1S/C23H15IN2O3S/c24-19-12-5-4-11-18(19)22(28)29-17-10-6-7-15(13-17)14-20-21(27)26-23(30-20)25-16-8-2-1-3-9-16/h1-14H,(H,25,26,27)/b20-14-. The number of benzene rings is 3. The molecule has 7 heteroatoms. The van der Waals surface area contributed by atoms with E-state index >= 15 is 0 Å². The number of amides is 1. The van der Waals surface area contributed by atoms with E-state index in [2.05, 4.69) is 32.9 Å². The van der Waals surface area contributed by atoms with Crippen LogP contribution in [0.1, 0.15) is 15.9 Å². The highest BCUT2D eigenvalue weighted by Gasteiger charge is 2.23. The first-order chi connectivity index (χ1) is 14.6. The Labute approximate surface area is 191 Å². The molecule has 0 bridgehead atoms. The van der Waals surface area contributed by atoms with Crippen LogP contribution < -0.4 is 10.1 Å². The first-order valence-electron chi connectivity index (χ1n) is 9.00. The minimum atomic E-state index is -0.421. The summed E-state index contributed by atoms with van der Waals surface area (Å²) in [5.41, 5.74) is 2.03. The van der Waals surface area contributed by atoms with Crippen molar-refractivity contribution in [3.8, 4) is 5.75 Å². The van der Waals surface area contributed by atoms with Crippen LogP contribution in [-0.2, 0) is 4.79 Å². The lowest BCUT2D eigenvalue weighted by Gasteiger charge is -2.06. The summed E-state index contributed by atoms with van der Waals surface area (Å²) in [7, 11) is 0. The number of thioether (sulfide) groups is 1. The molecule has 1 aliphatic rings. The average Bonchev–Trinajstić information content (AvgIpc) is 3.08. The number of ether oxygens (including phenoxy) is 1. The summed E-state index contributed by atoms with van der Waals surface area (Å²) >= 11 is 3.37. The highest BCUT2D eigenvalue weighted by atomic mass is 127. The molecule has 4 rings (SSSR count). The van der Waals surface area contributed by atoms with Crippen molar-refractivity contribution in [2.45, 2.75) is 0 Å². The van der Waals surface area contributed by atoms with Gasteiger partial charge in [0.15, 0.2) is 5.17 Å². The number of halogens is 1. The molecule has 1 amide bonds. The fourth-order valence-electron chi connectivity index (χ4n) is 2.71. The monoisotopic (exact) mass is 526 g/mol. The van der Waals surface area contributed by atoms with E-state index in [0.717, 1.165) is 14.8 Å². The van der Waals surface area contributed by atoms with Gasteiger partial charge < -0.3 is 10.1 Å². The molecule has 1 N–H and O–H groups in total. The molecule has 0 atom stereocenters. The van der Waals surface area contributed by atoms with Gasteiger partial charge in [0, 0.05) is 3.57 Å². The number of para-hydroxylation sites is 1. The van der Waals surface area contributed by atoms with E-state index in [-0.39, 0.29) is 5.91 Å². The van der Waals surface area contributed by atoms with E-state index < -0.39 is 5.97 Å². The van der Waals surface area contributed by atoms with Crippen molar-refractivity contribution in [2.75, 3.05) is 0 Å². The number of hydrogen-bond donors (Lipinski definition) is 1. The van der Waals surface area contributed by atoms with Gasteiger partial charge in [0.2, 0.25) is 0 Å². The van der Waals surface area contributed by atoms with Gasteiger partial charge in [-0.1, -0.05) is 42.5 Å². The van der Waals surface area contributed by atoms with Crippen LogP contribution in [0.25, 0.3) is 6.08 Å². The summed E-state index contributed by atoms with van der Waals surface area (Å²) in [6.45, 7) is 0. The second-order valence-electron chi connectivity index (χ2n) is 6.26.